The Hall–Kier alpha value is -2.96. The van der Waals surface area contributed by atoms with Gasteiger partial charge in [0, 0.05) is 12.2 Å². The molecule has 7 heteroatoms. The summed E-state index contributed by atoms with van der Waals surface area (Å²) in [4.78, 5) is 33.4. The fourth-order valence-electron chi connectivity index (χ4n) is 3.34. The molecule has 2 amide bonds. The van der Waals surface area contributed by atoms with Crippen LogP contribution >= 0.6 is 0 Å². The highest BCUT2D eigenvalue weighted by atomic mass is 16.5. The second kappa shape index (κ2) is 8.16. The van der Waals surface area contributed by atoms with Crippen molar-refractivity contribution in [1.29, 1.82) is 0 Å². The number of ether oxygens (including phenoxy) is 1. The number of aryl methyl sites for hydroxylation is 2. The van der Waals surface area contributed by atoms with Gasteiger partial charge in [-0.15, -0.1) is 0 Å². The highest BCUT2D eigenvalue weighted by Crippen LogP contribution is 2.30. The number of carbonyl (C=O) groups is 2. The number of nitrogens with zero attached hydrogens (tertiary/aromatic N) is 2. The molecule has 0 saturated heterocycles. The number of amides is 2. The summed E-state index contributed by atoms with van der Waals surface area (Å²) in [5, 5.41) is 5.89. The summed E-state index contributed by atoms with van der Waals surface area (Å²) in [7, 11) is 1.57. The lowest BCUT2D eigenvalue weighted by Gasteiger charge is -2.21. The van der Waals surface area contributed by atoms with Crippen molar-refractivity contribution >= 4 is 17.5 Å². The molecule has 1 aromatic heterocycles. The predicted octanol–water partition coefficient (Wildman–Crippen LogP) is 2.64. The van der Waals surface area contributed by atoms with E-state index >= 15 is 0 Å². The number of rotatable bonds is 5. The van der Waals surface area contributed by atoms with Gasteiger partial charge in [0.2, 0.25) is 5.91 Å². The molecule has 1 fully saturated rings. The van der Waals surface area contributed by atoms with Crippen molar-refractivity contribution in [1.82, 2.24) is 15.3 Å². The zero-order valence-electron chi connectivity index (χ0n) is 15.8. The number of nitrogens with one attached hydrogen (secondary N) is 2. The Balaban J connectivity index is 1.68. The van der Waals surface area contributed by atoms with E-state index in [1.807, 2.05) is 32.0 Å². The molecule has 1 saturated carbocycles. The van der Waals surface area contributed by atoms with Crippen molar-refractivity contribution in [3.63, 3.8) is 0 Å². The highest BCUT2D eigenvalue weighted by molar-refractivity contribution is 5.96. The number of hydrogen-bond acceptors (Lipinski definition) is 5. The minimum absolute atomic E-state index is 0.114. The second-order valence-electron chi connectivity index (χ2n) is 6.85. The van der Waals surface area contributed by atoms with Crippen LogP contribution in [0, 0.1) is 19.8 Å². The first-order valence-corrected chi connectivity index (χ1v) is 9.03. The molecular weight excluding hydrogens is 344 g/mol. The molecule has 1 aliphatic rings. The van der Waals surface area contributed by atoms with E-state index < -0.39 is 0 Å². The van der Waals surface area contributed by atoms with E-state index in [1.54, 1.807) is 13.3 Å². The maximum absolute atomic E-state index is 12.8. The van der Waals surface area contributed by atoms with Crippen molar-refractivity contribution in [2.75, 3.05) is 12.4 Å². The van der Waals surface area contributed by atoms with Gasteiger partial charge in [-0.1, -0.05) is 12.5 Å². The highest BCUT2D eigenvalue weighted by Gasteiger charge is 2.34. The van der Waals surface area contributed by atoms with Gasteiger partial charge in [0.05, 0.1) is 30.6 Å². The molecule has 27 heavy (non-hydrogen) atoms. The maximum Gasteiger partial charge on any atom is 0.271 e. The smallest absolute Gasteiger partial charge is 0.271 e. The number of aromatic nitrogens is 2. The molecule has 0 bridgehead atoms. The van der Waals surface area contributed by atoms with Gasteiger partial charge in [-0.3, -0.25) is 14.6 Å². The Labute approximate surface area is 158 Å². The molecule has 2 N–H and O–H groups in total. The van der Waals surface area contributed by atoms with E-state index in [1.165, 1.54) is 6.20 Å². The minimum atomic E-state index is -0.305. The number of hydrogen-bond donors (Lipinski definition) is 2. The third-order valence-corrected chi connectivity index (χ3v) is 4.80. The van der Waals surface area contributed by atoms with Crippen LogP contribution in [0.5, 0.6) is 5.75 Å². The Bertz CT molecular complexity index is 836. The predicted molar refractivity (Wildman–Crippen MR) is 102 cm³/mol. The van der Waals surface area contributed by atoms with Crippen LogP contribution in [0.1, 0.15) is 41.0 Å². The summed E-state index contributed by atoms with van der Waals surface area (Å²) >= 11 is 0. The maximum atomic E-state index is 12.8. The van der Waals surface area contributed by atoms with Gasteiger partial charge in [-0.2, -0.15) is 0 Å². The monoisotopic (exact) mass is 368 g/mol. The SMILES string of the molecule is COc1ccc(C)cc1NC(=O)[C@H]1CCC[C@H]1NC(=O)c1cnc(C)cn1. The Kier molecular flexibility index (Phi) is 5.69. The molecule has 0 radical (unpaired) electrons. The van der Waals surface area contributed by atoms with Crippen molar-refractivity contribution < 1.29 is 14.3 Å². The van der Waals surface area contributed by atoms with E-state index in [4.69, 9.17) is 4.74 Å². The van der Waals surface area contributed by atoms with Gasteiger partial charge in [0.15, 0.2) is 0 Å². The first-order valence-electron chi connectivity index (χ1n) is 9.03. The Morgan fingerprint density at radius 3 is 2.67 bits per heavy atom. The zero-order valence-corrected chi connectivity index (χ0v) is 15.8. The van der Waals surface area contributed by atoms with Gasteiger partial charge < -0.3 is 15.4 Å². The summed E-state index contributed by atoms with van der Waals surface area (Å²) in [6.45, 7) is 3.77. The quantitative estimate of drug-likeness (QED) is 0.846. The van der Waals surface area contributed by atoms with Crippen LogP contribution in [0.2, 0.25) is 0 Å². The lowest BCUT2D eigenvalue weighted by Crippen LogP contribution is -2.42. The van der Waals surface area contributed by atoms with Crippen LogP contribution in [0.3, 0.4) is 0 Å². The van der Waals surface area contributed by atoms with Crippen LogP contribution in [0.4, 0.5) is 5.69 Å². The first kappa shape index (κ1) is 18.8. The van der Waals surface area contributed by atoms with Crippen molar-refractivity contribution in [3.8, 4) is 5.75 Å². The number of carbonyl (C=O) groups excluding carboxylic acids is 2. The van der Waals surface area contributed by atoms with Crippen molar-refractivity contribution in [2.45, 2.75) is 39.2 Å². The molecule has 2 aromatic rings. The lowest BCUT2D eigenvalue weighted by molar-refractivity contribution is -0.120. The van der Waals surface area contributed by atoms with Gasteiger partial charge in [-0.25, -0.2) is 4.98 Å². The van der Waals surface area contributed by atoms with Gasteiger partial charge in [0.25, 0.3) is 5.91 Å². The average molecular weight is 368 g/mol. The second-order valence-corrected chi connectivity index (χ2v) is 6.85. The largest absolute Gasteiger partial charge is 0.495 e. The summed E-state index contributed by atoms with van der Waals surface area (Å²) in [5.74, 6) is -0.0999. The van der Waals surface area contributed by atoms with Crippen LogP contribution in [0.15, 0.2) is 30.6 Å². The van der Waals surface area contributed by atoms with Crippen molar-refractivity contribution in [2.24, 2.45) is 5.92 Å². The molecular formula is C20H24N4O3. The molecule has 3 rings (SSSR count). The molecule has 7 nitrogen and oxygen atoms in total. The molecule has 1 aromatic carbocycles. The summed E-state index contributed by atoms with van der Waals surface area (Å²) in [6, 6.07) is 5.41. The summed E-state index contributed by atoms with van der Waals surface area (Å²) in [6.07, 6.45) is 5.37. The summed E-state index contributed by atoms with van der Waals surface area (Å²) in [5.41, 5.74) is 2.67. The Morgan fingerprint density at radius 1 is 1.15 bits per heavy atom. The van der Waals surface area contributed by atoms with E-state index in [0.717, 1.165) is 30.5 Å². The van der Waals surface area contributed by atoms with Gasteiger partial charge >= 0.3 is 0 Å². The average Bonchev–Trinajstić information content (AvgIpc) is 3.10. The number of benzene rings is 1. The Morgan fingerprint density at radius 2 is 1.96 bits per heavy atom. The fourth-order valence-corrected chi connectivity index (χ4v) is 3.34. The van der Waals surface area contributed by atoms with Gasteiger partial charge in [0.1, 0.15) is 11.4 Å². The first-order chi connectivity index (χ1) is 13.0. The van der Waals surface area contributed by atoms with Crippen LogP contribution in [-0.4, -0.2) is 34.9 Å². The molecule has 0 unspecified atom stereocenters. The molecule has 0 aliphatic heterocycles. The summed E-state index contributed by atoms with van der Waals surface area (Å²) < 4.78 is 5.32. The molecule has 1 heterocycles. The van der Waals surface area contributed by atoms with E-state index in [9.17, 15) is 9.59 Å². The van der Waals surface area contributed by atoms with Crippen LogP contribution < -0.4 is 15.4 Å². The number of methoxy groups -OCH3 is 1. The van der Waals surface area contributed by atoms with E-state index in [-0.39, 0.29) is 29.5 Å². The van der Waals surface area contributed by atoms with Crippen LogP contribution in [-0.2, 0) is 4.79 Å². The topological polar surface area (TPSA) is 93.2 Å². The van der Waals surface area contributed by atoms with Crippen molar-refractivity contribution in [3.05, 3.63) is 47.5 Å². The molecule has 142 valence electrons. The standard InChI is InChI=1S/C20H24N4O3/c1-12-7-8-18(27-3)16(9-12)24-19(25)14-5-4-6-15(14)23-20(26)17-11-21-13(2)10-22-17/h7-11,14-15H,4-6H2,1-3H3,(H,23,26)(H,24,25)/t14-,15+/m0/s1. The van der Waals surface area contributed by atoms with E-state index in [0.29, 0.717) is 11.4 Å². The van der Waals surface area contributed by atoms with Crippen LogP contribution in [0.25, 0.3) is 0 Å². The minimum Gasteiger partial charge on any atom is -0.495 e. The molecule has 1 aliphatic carbocycles. The zero-order chi connectivity index (χ0) is 19.4. The van der Waals surface area contributed by atoms with Gasteiger partial charge in [-0.05, 0) is 44.4 Å². The third kappa shape index (κ3) is 4.42. The molecule has 2 atom stereocenters. The normalized spacial score (nSPS) is 18.8. The number of anilines is 1. The lowest BCUT2D eigenvalue weighted by atomic mass is 10.0. The molecule has 0 spiro atoms. The fraction of sp³-hybridized carbons (Fsp3) is 0.400. The van der Waals surface area contributed by atoms with E-state index in [2.05, 4.69) is 20.6 Å². The third-order valence-electron chi connectivity index (χ3n) is 4.80.